The van der Waals surface area contributed by atoms with Crippen molar-refractivity contribution in [1.29, 1.82) is 0 Å². The molecule has 4 fully saturated rings. The van der Waals surface area contributed by atoms with Gasteiger partial charge in [0.1, 0.15) is 0 Å². The van der Waals surface area contributed by atoms with E-state index in [4.69, 9.17) is 26.1 Å². The Morgan fingerprint density at radius 2 is 1.94 bits per heavy atom. The van der Waals surface area contributed by atoms with E-state index < -0.39 is 0 Å². The van der Waals surface area contributed by atoms with E-state index >= 15 is 0 Å². The number of nitrogens with zero attached hydrogens (tertiary/aromatic N) is 4. The molecule has 10 heteroatoms. The molecule has 9 unspecified atom stereocenters. The maximum atomic E-state index is 13.9. The average molecular weight is 521 g/mol. The summed E-state index contributed by atoms with van der Waals surface area (Å²) in [5.41, 5.74) is 3.34. The van der Waals surface area contributed by atoms with Gasteiger partial charge in [0, 0.05) is 56.0 Å². The molecule has 5 aliphatic heterocycles. The molecule has 200 valence electrons. The predicted molar refractivity (Wildman–Crippen MR) is 140 cm³/mol. The van der Waals surface area contributed by atoms with Gasteiger partial charge in [-0.25, -0.2) is 5.01 Å². The first kappa shape index (κ1) is 25.2. The molecule has 1 amide bonds. The fourth-order valence-corrected chi connectivity index (χ4v) is 7.82. The Morgan fingerprint density at radius 1 is 1.08 bits per heavy atom. The topological polar surface area (TPSA) is 90.8 Å². The number of aliphatic imine (C=N–C) groups is 2. The Morgan fingerprint density at radius 3 is 2.81 bits per heavy atom. The van der Waals surface area contributed by atoms with E-state index in [1.807, 2.05) is 6.21 Å². The van der Waals surface area contributed by atoms with Crippen LogP contribution in [-0.2, 0) is 14.3 Å². The highest BCUT2D eigenvalue weighted by atomic mass is 35.5. The number of fused-ring (bicyclic) bond motifs is 2. The van der Waals surface area contributed by atoms with Crippen LogP contribution in [0.4, 0.5) is 0 Å². The van der Waals surface area contributed by atoms with Crippen molar-refractivity contribution in [3.63, 3.8) is 0 Å². The summed E-state index contributed by atoms with van der Waals surface area (Å²) in [5, 5.41) is 6.00. The van der Waals surface area contributed by atoms with Crippen molar-refractivity contribution in [1.82, 2.24) is 20.7 Å². The Kier molecular flexibility index (Phi) is 7.93. The van der Waals surface area contributed by atoms with Crippen LogP contribution in [0.25, 0.3) is 0 Å². The Bertz CT molecular complexity index is 836. The molecule has 1 saturated carbocycles. The van der Waals surface area contributed by atoms with Gasteiger partial charge < -0.3 is 14.8 Å². The highest BCUT2D eigenvalue weighted by Gasteiger charge is 2.50. The second kappa shape index (κ2) is 11.3. The van der Waals surface area contributed by atoms with Crippen LogP contribution in [-0.4, -0.2) is 116 Å². The van der Waals surface area contributed by atoms with E-state index in [9.17, 15) is 4.79 Å². The standard InChI is InChI=1S/C26H41ClN6O3/c27-18-13-17(14-28-15-18)23-24-19(5-6-29-23)25(32-7-10-35-11-8-32)20(16-30-24)26(34)31-33-9-12-36-22-4-2-1-3-21(22)33/h14,16-25,29H,1-13,15H2,(H,31,34). The predicted octanol–water partition coefficient (Wildman–Crippen LogP) is 1.11. The molecule has 0 aromatic heterocycles. The number of nitrogens with one attached hydrogen (secondary N) is 2. The normalized spacial score (nSPS) is 44.0. The summed E-state index contributed by atoms with van der Waals surface area (Å²) in [6, 6.07) is 0.737. The van der Waals surface area contributed by atoms with Crippen molar-refractivity contribution >= 4 is 29.9 Å². The number of carbonyl (C=O) groups is 1. The maximum absolute atomic E-state index is 13.9. The molecule has 36 heavy (non-hydrogen) atoms. The molecule has 0 bridgehead atoms. The summed E-state index contributed by atoms with van der Waals surface area (Å²) < 4.78 is 11.7. The van der Waals surface area contributed by atoms with E-state index in [1.54, 1.807) is 0 Å². The first-order valence-electron chi connectivity index (χ1n) is 14.1. The van der Waals surface area contributed by atoms with Crippen LogP contribution in [0.3, 0.4) is 0 Å². The lowest BCUT2D eigenvalue weighted by Gasteiger charge is -2.51. The highest BCUT2D eigenvalue weighted by molar-refractivity contribution is 6.21. The lowest BCUT2D eigenvalue weighted by molar-refractivity contribution is -0.145. The number of morpholine rings is 2. The largest absolute Gasteiger partial charge is 0.379 e. The second-order valence-corrected chi connectivity index (χ2v) is 11.9. The third-order valence-corrected chi connectivity index (χ3v) is 9.55. The smallest absolute Gasteiger partial charge is 0.244 e. The molecule has 0 radical (unpaired) electrons. The van der Waals surface area contributed by atoms with Gasteiger partial charge in [0.25, 0.3) is 0 Å². The summed E-state index contributed by atoms with van der Waals surface area (Å²) in [6.45, 7) is 6.22. The number of hydrogen-bond donors (Lipinski definition) is 2. The number of ether oxygens (including phenoxy) is 2. The summed E-state index contributed by atoms with van der Waals surface area (Å²) in [4.78, 5) is 26.0. The number of alkyl halides is 1. The third-order valence-electron chi connectivity index (χ3n) is 9.24. The maximum Gasteiger partial charge on any atom is 0.244 e. The molecule has 5 heterocycles. The van der Waals surface area contributed by atoms with Crippen molar-refractivity contribution in [2.75, 3.05) is 52.5 Å². The summed E-state index contributed by atoms with van der Waals surface area (Å²) in [7, 11) is 0. The van der Waals surface area contributed by atoms with Crippen LogP contribution in [0.15, 0.2) is 9.98 Å². The second-order valence-electron chi connectivity index (χ2n) is 11.3. The lowest BCUT2D eigenvalue weighted by atomic mass is 9.71. The van der Waals surface area contributed by atoms with Gasteiger partial charge >= 0.3 is 0 Å². The van der Waals surface area contributed by atoms with Crippen LogP contribution >= 0.6 is 11.6 Å². The minimum Gasteiger partial charge on any atom is -0.379 e. The zero-order valence-electron chi connectivity index (χ0n) is 21.1. The van der Waals surface area contributed by atoms with Gasteiger partial charge in [-0.05, 0) is 32.2 Å². The van der Waals surface area contributed by atoms with E-state index in [0.717, 1.165) is 65.1 Å². The SMILES string of the molecule is O=C(NN1CCOC2CCCCC21)C1C=NC2C(CCNC2C2C=NCC(Cl)C2)C1N1CCOCC1. The average Bonchev–Trinajstić information content (AvgIpc) is 2.92. The number of rotatable bonds is 4. The van der Waals surface area contributed by atoms with Gasteiger partial charge in [0.15, 0.2) is 0 Å². The number of halogens is 1. The molecular weight excluding hydrogens is 480 g/mol. The number of amides is 1. The van der Waals surface area contributed by atoms with Crippen LogP contribution < -0.4 is 10.7 Å². The van der Waals surface area contributed by atoms with E-state index in [2.05, 4.69) is 31.9 Å². The number of carbonyl (C=O) groups excluding carboxylic acids is 1. The van der Waals surface area contributed by atoms with Crippen molar-refractivity contribution in [2.24, 2.45) is 27.7 Å². The molecule has 6 aliphatic rings. The molecular formula is C26H41ClN6O3. The summed E-state index contributed by atoms with van der Waals surface area (Å²) in [5.74, 6) is 0.397. The zero-order valence-corrected chi connectivity index (χ0v) is 21.9. The van der Waals surface area contributed by atoms with Gasteiger partial charge in [-0.1, -0.05) is 12.8 Å². The van der Waals surface area contributed by atoms with E-state index in [-0.39, 0.29) is 53.4 Å². The van der Waals surface area contributed by atoms with Crippen LogP contribution in [0.1, 0.15) is 38.5 Å². The fraction of sp³-hybridized carbons (Fsp3) is 0.885. The molecule has 6 rings (SSSR count). The van der Waals surface area contributed by atoms with E-state index in [0.29, 0.717) is 19.1 Å². The van der Waals surface area contributed by atoms with Gasteiger partial charge in [-0.15, -0.1) is 11.6 Å². The van der Waals surface area contributed by atoms with Gasteiger partial charge in [0.05, 0.1) is 55.8 Å². The van der Waals surface area contributed by atoms with E-state index in [1.165, 1.54) is 12.8 Å². The molecule has 0 spiro atoms. The van der Waals surface area contributed by atoms with Crippen molar-refractivity contribution in [2.45, 2.75) is 74.2 Å². The molecule has 9 nitrogen and oxygen atoms in total. The zero-order chi connectivity index (χ0) is 24.5. The first-order chi connectivity index (χ1) is 17.7. The van der Waals surface area contributed by atoms with Gasteiger partial charge in [-0.3, -0.25) is 25.1 Å². The number of hydrazine groups is 1. The first-order valence-corrected chi connectivity index (χ1v) is 14.5. The van der Waals surface area contributed by atoms with Gasteiger partial charge in [-0.2, -0.15) is 0 Å². The fourth-order valence-electron chi connectivity index (χ4n) is 7.53. The van der Waals surface area contributed by atoms with Crippen molar-refractivity contribution in [3.05, 3.63) is 0 Å². The van der Waals surface area contributed by atoms with Crippen LogP contribution in [0.5, 0.6) is 0 Å². The number of hydrogen-bond acceptors (Lipinski definition) is 8. The molecule has 1 aliphatic carbocycles. The molecule has 0 aromatic carbocycles. The summed E-state index contributed by atoms with van der Waals surface area (Å²) >= 11 is 6.49. The van der Waals surface area contributed by atoms with Crippen molar-refractivity contribution in [3.8, 4) is 0 Å². The third kappa shape index (κ3) is 5.12. The monoisotopic (exact) mass is 520 g/mol. The Balaban J connectivity index is 1.24. The highest BCUT2D eigenvalue weighted by Crippen LogP contribution is 2.38. The van der Waals surface area contributed by atoms with Gasteiger partial charge in [0.2, 0.25) is 5.91 Å². The Hall–Kier alpha value is -1.10. The minimum atomic E-state index is -0.270. The summed E-state index contributed by atoms with van der Waals surface area (Å²) in [6.07, 6.45) is 10.8. The van der Waals surface area contributed by atoms with Crippen molar-refractivity contribution < 1.29 is 14.3 Å². The number of piperidine rings is 1. The lowest BCUT2D eigenvalue weighted by Crippen LogP contribution is -2.66. The molecule has 9 atom stereocenters. The van der Waals surface area contributed by atoms with Crippen LogP contribution in [0.2, 0.25) is 0 Å². The quantitative estimate of drug-likeness (QED) is 0.540. The molecule has 3 saturated heterocycles. The van der Waals surface area contributed by atoms with Crippen LogP contribution in [0, 0.1) is 17.8 Å². The molecule has 2 N–H and O–H groups in total. The minimum absolute atomic E-state index is 0.0787. The molecule has 0 aromatic rings. The Labute approximate surface area is 219 Å².